The quantitative estimate of drug-likeness (QED) is 0.638. The van der Waals surface area contributed by atoms with Gasteiger partial charge in [0.15, 0.2) is 11.3 Å². The molecule has 1 aliphatic carbocycles. The normalized spacial score (nSPS) is 21.7. The van der Waals surface area contributed by atoms with E-state index in [2.05, 4.69) is 28.2 Å². The summed E-state index contributed by atoms with van der Waals surface area (Å²) in [6, 6.07) is 3.63. The Morgan fingerprint density at radius 1 is 1.41 bits per heavy atom. The summed E-state index contributed by atoms with van der Waals surface area (Å²) in [4.78, 5) is 23.3. The molecule has 1 aromatic rings. The summed E-state index contributed by atoms with van der Waals surface area (Å²) in [7, 11) is 0. The minimum absolute atomic E-state index is 0.191. The summed E-state index contributed by atoms with van der Waals surface area (Å²) in [6.45, 7) is 1.88. The van der Waals surface area contributed by atoms with E-state index in [0.29, 0.717) is 16.3 Å². The third-order valence-corrected chi connectivity index (χ3v) is 4.21. The van der Waals surface area contributed by atoms with Crippen molar-refractivity contribution in [3.05, 3.63) is 28.6 Å². The van der Waals surface area contributed by atoms with Gasteiger partial charge in [0.25, 0.3) is 5.91 Å². The summed E-state index contributed by atoms with van der Waals surface area (Å²) in [5, 5.41) is 2.94. The number of rotatable bonds is 5. The van der Waals surface area contributed by atoms with E-state index in [4.69, 9.17) is 9.15 Å². The van der Waals surface area contributed by atoms with Gasteiger partial charge in [-0.25, -0.2) is 4.79 Å². The van der Waals surface area contributed by atoms with Crippen LogP contribution in [0.3, 0.4) is 0 Å². The third kappa shape index (κ3) is 5.33. The first-order valence-electron chi connectivity index (χ1n) is 7.44. The molecule has 22 heavy (non-hydrogen) atoms. The van der Waals surface area contributed by atoms with E-state index in [9.17, 15) is 9.59 Å². The van der Waals surface area contributed by atoms with Gasteiger partial charge in [-0.2, -0.15) is 0 Å². The zero-order valence-electron chi connectivity index (χ0n) is 12.5. The molecule has 5 nitrogen and oxygen atoms in total. The molecule has 120 valence electrons. The number of carbonyl (C=O) groups excluding carboxylic acids is 2. The molecule has 0 bridgehead atoms. The van der Waals surface area contributed by atoms with E-state index in [0.717, 1.165) is 19.3 Å². The maximum absolute atomic E-state index is 11.8. The van der Waals surface area contributed by atoms with E-state index in [1.54, 1.807) is 12.1 Å². The second kappa shape index (κ2) is 8.17. The lowest BCUT2D eigenvalue weighted by atomic mass is 9.86. The molecule has 6 heteroatoms. The van der Waals surface area contributed by atoms with Gasteiger partial charge < -0.3 is 14.5 Å². The fourth-order valence-corrected chi connectivity index (χ4v) is 2.85. The zero-order valence-corrected chi connectivity index (χ0v) is 14.1. The van der Waals surface area contributed by atoms with Crippen molar-refractivity contribution in [2.45, 2.75) is 38.6 Å². The van der Waals surface area contributed by atoms with Crippen LogP contribution in [0.4, 0.5) is 0 Å². The highest BCUT2D eigenvalue weighted by Gasteiger charge is 2.22. The molecule has 1 aliphatic rings. The van der Waals surface area contributed by atoms with Crippen LogP contribution in [0.1, 0.15) is 38.4 Å². The molecule has 0 aliphatic heterocycles. The van der Waals surface area contributed by atoms with E-state index < -0.39 is 5.97 Å². The van der Waals surface area contributed by atoms with Crippen molar-refractivity contribution in [3.8, 4) is 0 Å². The minimum atomic E-state index is -0.570. The van der Waals surface area contributed by atoms with Crippen molar-refractivity contribution >= 4 is 33.9 Å². The SMILES string of the molecule is C[C@H]1CCCC[C@@H]1NC(=O)COC(=O)/C=C/c1ccc(Br)o1. The maximum Gasteiger partial charge on any atom is 0.331 e. The number of ether oxygens (including phenoxy) is 1. The first-order chi connectivity index (χ1) is 10.5. The summed E-state index contributed by atoms with van der Waals surface area (Å²) in [5.74, 6) is 0.190. The molecule has 0 spiro atoms. The molecule has 1 heterocycles. The molecule has 0 radical (unpaired) electrons. The van der Waals surface area contributed by atoms with Crippen molar-refractivity contribution in [2.75, 3.05) is 6.61 Å². The molecule has 1 N–H and O–H groups in total. The third-order valence-electron chi connectivity index (χ3n) is 3.78. The number of amides is 1. The molecule has 0 unspecified atom stereocenters. The molecule has 1 saturated carbocycles. The number of halogens is 1. The Labute approximate surface area is 138 Å². The summed E-state index contributed by atoms with van der Waals surface area (Å²) in [5.41, 5.74) is 0. The minimum Gasteiger partial charge on any atom is -0.452 e. The van der Waals surface area contributed by atoms with Crippen molar-refractivity contribution in [2.24, 2.45) is 5.92 Å². The summed E-state index contributed by atoms with van der Waals surface area (Å²) >= 11 is 3.17. The number of hydrogen-bond donors (Lipinski definition) is 1. The number of furan rings is 1. The van der Waals surface area contributed by atoms with Gasteiger partial charge in [0.1, 0.15) is 5.76 Å². The van der Waals surface area contributed by atoms with Gasteiger partial charge in [-0.3, -0.25) is 4.79 Å². The average molecular weight is 370 g/mol. The lowest BCUT2D eigenvalue weighted by Crippen LogP contribution is -2.42. The van der Waals surface area contributed by atoms with E-state index in [1.165, 1.54) is 18.6 Å². The van der Waals surface area contributed by atoms with Crippen LogP contribution in [0.5, 0.6) is 0 Å². The topological polar surface area (TPSA) is 68.5 Å². The predicted octanol–water partition coefficient (Wildman–Crippen LogP) is 3.29. The Kier molecular flexibility index (Phi) is 6.24. The van der Waals surface area contributed by atoms with Gasteiger partial charge in [0.2, 0.25) is 0 Å². The molecular weight excluding hydrogens is 350 g/mol. The Morgan fingerprint density at radius 3 is 2.86 bits per heavy atom. The van der Waals surface area contributed by atoms with E-state index in [-0.39, 0.29) is 18.6 Å². The largest absolute Gasteiger partial charge is 0.452 e. The number of esters is 1. The van der Waals surface area contributed by atoms with Gasteiger partial charge in [-0.15, -0.1) is 0 Å². The number of carbonyl (C=O) groups is 2. The lowest BCUT2D eigenvalue weighted by Gasteiger charge is -2.29. The molecule has 0 saturated heterocycles. The van der Waals surface area contributed by atoms with Gasteiger partial charge in [-0.05, 0) is 52.9 Å². The molecule has 1 fully saturated rings. The highest BCUT2D eigenvalue weighted by atomic mass is 79.9. The van der Waals surface area contributed by atoms with Crippen molar-refractivity contribution in [3.63, 3.8) is 0 Å². The van der Waals surface area contributed by atoms with Crippen LogP contribution in [0, 0.1) is 5.92 Å². The number of nitrogens with one attached hydrogen (secondary N) is 1. The second-order valence-corrected chi connectivity index (χ2v) is 6.30. The molecule has 1 amide bonds. The first-order valence-corrected chi connectivity index (χ1v) is 8.23. The van der Waals surface area contributed by atoms with Gasteiger partial charge in [0.05, 0.1) is 0 Å². The summed E-state index contributed by atoms with van der Waals surface area (Å²) in [6.07, 6.45) is 7.21. The Hall–Kier alpha value is -1.56. The van der Waals surface area contributed by atoms with E-state index >= 15 is 0 Å². The first kappa shape index (κ1) is 16.8. The van der Waals surface area contributed by atoms with Crippen LogP contribution < -0.4 is 5.32 Å². The van der Waals surface area contributed by atoms with Crippen molar-refractivity contribution in [1.29, 1.82) is 0 Å². The fourth-order valence-electron chi connectivity index (χ4n) is 2.53. The average Bonchev–Trinajstić information content (AvgIpc) is 2.91. The highest BCUT2D eigenvalue weighted by molar-refractivity contribution is 9.10. The van der Waals surface area contributed by atoms with Crippen LogP contribution in [0.25, 0.3) is 6.08 Å². The Balaban J connectivity index is 1.71. The van der Waals surface area contributed by atoms with Crippen molar-refractivity contribution < 1.29 is 18.7 Å². The molecule has 0 aromatic carbocycles. The Bertz CT molecular complexity index is 552. The maximum atomic E-state index is 11.8. The number of hydrogen-bond acceptors (Lipinski definition) is 4. The standard InChI is InChI=1S/C16H20BrNO4/c1-11-4-2-3-5-13(11)18-15(19)10-21-16(20)9-7-12-6-8-14(17)22-12/h6-9,11,13H,2-5,10H2,1H3,(H,18,19)/b9-7+/t11-,13-/m0/s1. The molecule has 1 aromatic heterocycles. The van der Waals surface area contributed by atoms with Gasteiger partial charge in [0, 0.05) is 12.1 Å². The van der Waals surface area contributed by atoms with Crippen LogP contribution in [-0.2, 0) is 14.3 Å². The predicted molar refractivity (Wildman–Crippen MR) is 86.0 cm³/mol. The smallest absolute Gasteiger partial charge is 0.331 e. The lowest BCUT2D eigenvalue weighted by molar-refractivity contribution is -0.144. The van der Waals surface area contributed by atoms with Crippen LogP contribution in [0.2, 0.25) is 0 Å². The van der Waals surface area contributed by atoms with Crippen LogP contribution >= 0.6 is 15.9 Å². The molecular formula is C16H20BrNO4. The van der Waals surface area contributed by atoms with Gasteiger partial charge in [-0.1, -0.05) is 19.8 Å². The summed E-state index contributed by atoms with van der Waals surface area (Å²) < 4.78 is 10.7. The second-order valence-electron chi connectivity index (χ2n) is 5.52. The highest BCUT2D eigenvalue weighted by Crippen LogP contribution is 2.23. The monoisotopic (exact) mass is 369 g/mol. The molecule has 2 atom stereocenters. The van der Waals surface area contributed by atoms with Crippen LogP contribution in [0.15, 0.2) is 27.3 Å². The Morgan fingerprint density at radius 2 is 2.18 bits per heavy atom. The van der Waals surface area contributed by atoms with Crippen LogP contribution in [-0.4, -0.2) is 24.5 Å². The van der Waals surface area contributed by atoms with E-state index in [1.807, 2.05) is 0 Å². The molecule has 2 rings (SSSR count). The zero-order chi connectivity index (χ0) is 15.9. The van der Waals surface area contributed by atoms with Gasteiger partial charge >= 0.3 is 5.97 Å². The fraction of sp³-hybridized carbons (Fsp3) is 0.500. The van der Waals surface area contributed by atoms with Crippen molar-refractivity contribution in [1.82, 2.24) is 5.32 Å².